The number of hydrogen-bond donors (Lipinski definition) is 1. The minimum absolute atomic E-state index is 0.457. The number of carbonyl (C=O) groups excluding carboxylic acids is 1. The first-order valence-corrected chi connectivity index (χ1v) is 6.19. The van der Waals surface area contributed by atoms with Crippen LogP contribution < -0.4 is 4.74 Å². The van der Waals surface area contributed by atoms with E-state index >= 15 is 0 Å². The molecule has 1 fully saturated rings. The number of methoxy groups -OCH3 is 1. The Morgan fingerprint density at radius 2 is 2.22 bits per heavy atom. The molecule has 1 heterocycles. The number of rotatable bonds is 4. The van der Waals surface area contributed by atoms with Gasteiger partial charge in [0.05, 0.1) is 14.0 Å². The maximum Gasteiger partial charge on any atom is 0.323 e. The van der Waals surface area contributed by atoms with Crippen LogP contribution in [0.5, 0.6) is 5.75 Å². The van der Waals surface area contributed by atoms with Crippen molar-refractivity contribution >= 4 is 17.6 Å². The van der Waals surface area contributed by atoms with Crippen LogP contribution in [0.15, 0.2) is 29.2 Å². The van der Waals surface area contributed by atoms with Gasteiger partial charge in [0.1, 0.15) is 23.6 Å². The lowest BCUT2D eigenvalue weighted by Crippen LogP contribution is -2.50. The van der Waals surface area contributed by atoms with E-state index in [2.05, 4.69) is 4.99 Å². The van der Waals surface area contributed by atoms with Crippen molar-refractivity contribution in [3.8, 4) is 5.75 Å². The first-order chi connectivity index (χ1) is 16.9. The number of carboxylic acids is 1. The SMILES string of the molecule is [2H]c1cc(C2=NC3(N(C([2H])([2H])C(=O)O)C2=O)C([2H])([2H])C([2H])([2H])C([2H])([2H])C([2H])([2H])C3([2H])[2H])c([2H])c([2H])c1OC. The van der Waals surface area contributed by atoms with E-state index < -0.39 is 96.0 Å². The maximum absolute atomic E-state index is 13.6. The summed E-state index contributed by atoms with van der Waals surface area (Å²) >= 11 is 0. The number of benzene rings is 1. The highest BCUT2D eigenvalue weighted by molar-refractivity contribution is 6.47. The van der Waals surface area contributed by atoms with Gasteiger partial charge in [-0.1, -0.05) is 6.37 Å². The average Bonchev–Trinajstić information content (AvgIpc) is 3.10. The summed E-state index contributed by atoms with van der Waals surface area (Å²) in [4.78, 5) is 28.5. The molecule has 23 heavy (non-hydrogen) atoms. The van der Waals surface area contributed by atoms with Crippen molar-refractivity contribution in [1.29, 1.82) is 0 Å². The molecule has 1 saturated carbocycles. The summed E-state index contributed by atoms with van der Waals surface area (Å²) in [5, 5.41) is 9.56. The summed E-state index contributed by atoms with van der Waals surface area (Å²) in [6.07, 6.45) is -20.5. The second kappa shape index (κ2) is 6.02. The molecule has 1 spiro atoms. The molecule has 122 valence electrons. The molecular weight excluding hydrogens is 296 g/mol. The molecule has 0 bridgehead atoms. The highest BCUT2D eigenvalue weighted by atomic mass is 16.5. The Morgan fingerprint density at radius 3 is 2.87 bits per heavy atom. The molecule has 0 aromatic heterocycles. The van der Waals surface area contributed by atoms with Gasteiger partial charge in [-0.15, -0.1) is 0 Å². The van der Waals surface area contributed by atoms with Crippen molar-refractivity contribution in [3.05, 3.63) is 29.8 Å². The zero-order valence-corrected chi connectivity index (χ0v) is 11.6. The number of ether oxygens (including phenoxy) is 1. The molecule has 1 aromatic rings. The van der Waals surface area contributed by atoms with E-state index in [9.17, 15) is 14.7 Å². The summed E-state index contributed by atoms with van der Waals surface area (Å²) in [7, 11) is 1.06. The van der Waals surface area contributed by atoms with Crippen molar-refractivity contribution in [1.82, 2.24) is 4.90 Å². The topological polar surface area (TPSA) is 79.2 Å². The van der Waals surface area contributed by atoms with Crippen molar-refractivity contribution in [2.45, 2.75) is 37.5 Å². The molecule has 1 aliphatic heterocycles. The number of amides is 1. The van der Waals surface area contributed by atoms with Gasteiger partial charge in [-0.3, -0.25) is 14.6 Å². The molecular formula is C17H20N2O4. The van der Waals surface area contributed by atoms with Crippen LogP contribution >= 0.6 is 0 Å². The third kappa shape index (κ3) is 2.81. The summed E-state index contributed by atoms with van der Waals surface area (Å²) in [5.74, 6) is -4.90. The third-order valence-electron chi connectivity index (χ3n) is 2.93. The zero-order valence-electron chi connectivity index (χ0n) is 26.6. The molecule has 0 radical (unpaired) electrons. The van der Waals surface area contributed by atoms with Crippen molar-refractivity contribution in [2.75, 3.05) is 13.6 Å². The lowest BCUT2D eigenvalue weighted by atomic mass is 9.88. The van der Waals surface area contributed by atoms with Gasteiger partial charge in [-0.25, -0.2) is 0 Å². The fraction of sp³-hybridized carbons (Fsp3) is 0.471. The largest absolute Gasteiger partial charge is 0.497 e. The van der Waals surface area contributed by atoms with E-state index in [0.717, 1.165) is 7.11 Å². The first kappa shape index (κ1) is 5.61. The van der Waals surface area contributed by atoms with Crippen LogP contribution in [0.3, 0.4) is 0 Å². The van der Waals surface area contributed by atoms with Gasteiger partial charge in [0.2, 0.25) is 0 Å². The summed E-state index contributed by atoms with van der Waals surface area (Å²) in [5.41, 5.74) is -6.13. The van der Waals surface area contributed by atoms with Gasteiger partial charge in [0, 0.05) is 19.3 Å². The number of hydrogen-bond acceptors (Lipinski definition) is 4. The van der Waals surface area contributed by atoms with Crippen molar-refractivity contribution in [3.63, 3.8) is 0 Å². The number of carbonyl (C=O) groups is 2. The molecule has 0 unspecified atom stereocenters. The van der Waals surface area contributed by atoms with Crippen LogP contribution in [0.25, 0.3) is 0 Å². The molecule has 1 aromatic carbocycles. The van der Waals surface area contributed by atoms with Crippen LogP contribution in [0.1, 0.15) is 58.0 Å². The molecule has 1 amide bonds. The Bertz CT molecular complexity index is 1250. The van der Waals surface area contributed by atoms with Gasteiger partial charge in [0.25, 0.3) is 5.91 Å². The fourth-order valence-electron chi connectivity index (χ4n) is 1.95. The highest BCUT2D eigenvalue weighted by Gasteiger charge is 2.48. The van der Waals surface area contributed by atoms with E-state index in [0.29, 0.717) is 6.07 Å². The molecule has 0 saturated heterocycles. The van der Waals surface area contributed by atoms with Gasteiger partial charge in [-0.05, 0) is 49.7 Å². The lowest BCUT2D eigenvalue weighted by Gasteiger charge is -2.38. The Balaban J connectivity index is 2.60. The molecule has 1 aliphatic carbocycles. The first-order valence-electron chi connectivity index (χ1n) is 13.7. The Kier molecular flexibility index (Phi) is 1.47. The Morgan fingerprint density at radius 1 is 1.48 bits per heavy atom. The van der Waals surface area contributed by atoms with Crippen molar-refractivity contribution in [2.24, 2.45) is 4.99 Å². The molecule has 2 aliphatic rings. The second-order valence-corrected chi connectivity index (χ2v) is 4.30. The highest BCUT2D eigenvalue weighted by Crippen LogP contribution is 2.39. The normalized spacial score (nSPS) is 40.9. The van der Waals surface area contributed by atoms with E-state index in [1.807, 2.05) is 0 Å². The van der Waals surface area contributed by atoms with Crippen LogP contribution in [0, 0.1) is 0 Å². The molecule has 0 atom stereocenters. The van der Waals surface area contributed by atoms with Crippen LogP contribution in [0.4, 0.5) is 0 Å². The predicted octanol–water partition coefficient (Wildman–Crippen LogP) is 2.07. The zero-order chi connectivity index (χ0) is 29.8. The molecule has 1 N–H and O–H groups in total. The standard InChI is InChI=1S/C17H20N2O4/c1-23-13-7-5-12(6-8-13)15-16(22)19(11-14(20)21)17(18-15)9-3-2-4-10-17/h5-8H,2-4,9-11H2,1H3,(H,20,21)/i2D2,3D2,4D2,5D,7D,8D,9D2,10D2,11D2. The summed E-state index contributed by atoms with van der Waals surface area (Å²) < 4.78 is 128. The van der Waals surface area contributed by atoms with Gasteiger partial charge < -0.3 is 14.7 Å². The van der Waals surface area contributed by atoms with E-state index in [4.69, 9.17) is 25.3 Å². The Hall–Kier alpha value is -2.37. The van der Waals surface area contributed by atoms with E-state index in [-0.39, 0.29) is 0 Å². The minimum Gasteiger partial charge on any atom is -0.497 e. The fourth-order valence-corrected chi connectivity index (χ4v) is 1.95. The van der Waals surface area contributed by atoms with Crippen molar-refractivity contribution < 1.29 is 40.0 Å². The van der Waals surface area contributed by atoms with E-state index in [1.165, 1.54) is 0 Å². The third-order valence-corrected chi connectivity index (χ3v) is 2.93. The Labute approximate surface area is 155 Å². The van der Waals surface area contributed by atoms with E-state index in [1.54, 1.807) is 0 Å². The van der Waals surface area contributed by atoms with Gasteiger partial charge >= 0.3 is 5.97 Å². The number of aliphatic carboxylic acids is 1. The quantitative estimate of drug-likeness (QED) is 0.916. The second-order valence-electron chi connectivity index (χ2n) is 4.30. The lowest BCUT2D eigenvalue weighted by molar-refractivity contribution is -0.145. The van der Waals surface area contributed by atoms with Crippen LogP contribution in [-0.2, 0) is 9.59 Å². The van der Waals surface area contributed by atoms with Crippen LogP contribution in [0.2, 0.25) is 0 Å². The number of aliphatic imine (C=N–C) groups is 1. The van der Waals surface area contributed by atoms with Gasteiger partial charge in [0.15, 0.2) is 0 Å². The summed E-state index contributed by atoms with van der Waals surface area (Å²) in [6.45, 7) is -4.10. The summed E-state index contributed by atoms with van der Waals surface area (Å²) in [6, 6.07) is -1.67. The van der Waals surface area contributed by atoms with Crippen LogP contribution in [-0.4, -0.2) is 46.9 Å². The number of carboxylic acid groups (broad SMARTS) is 1. The number of nitrogens with zero attached hydrogens (tertiary/aromatic N) is 2. The molecule has 3 rings (SSSR count). The predicted molar refractivity (Wildman–Crippen MR) is 84.7 cm³/mol. The molecule has 6 heteroatoms. The monoisotopic (exact) mass is 331 g/mol. The minimum atomic E-state index is -4.17. The molecule has 6 nitrogen and oxygen atoms in total. The average molecular weight is 331 g/mol. The maximum atomic E-state index is 13.6. The smallest absolute Gasteiger partial charge is 0.323 e. The van der Waals surface area contributed by atoms with Gasteiger partial charge in [-0.2, -0.15) is 0 Å².